The maximum atomic E-state index is 13.1. The summed E-state index contributed by atoms with van der Waals surface area (Å²) in [6, 6.07) is 4.46. The van der Waals surface area contributed by atoms with Crippen LogP contribution in [0.3, 0.4) is 0 Å². The molecule has 0 radical (unpaired) electrons. The number of carbonyl (C=O) groups excluding carboxylic acids is 1. The molecule has 0 N–H and O–H groups in total. The molecule has 0 spiro atoms. The fourth-order valence-electron chi connectivity index (χ4n) is 2.71. The maximum absolute atomic E-state index is 13.1. The van der Waals surface area contributed by atoms with Gasteiger partial charge in [-0.2, -0.15) is 13.2 Å². The molecule has 2 rings (SSSR count). The molecule has 0 aromatic heterocycles. The minimum Gasteiger partial charge on any atom is -0.494 e. The summed E-state index contributed by atoms with van der Waals surface area (Å²) in [5, 5.41) is 0. The lowest BCUT2D eigenvalue weighted by molar-refractivity contribution is -0.197. The van der Waals surface area contributed by atoms with Crippen LogP contribution in [0.5, 0.6) is 5.75 Å². The quantitative estimate of drug-likeness (QED) is 0.854. The second-order valence-electron chi connectivity index (χ2n) is 5.74. The van der Waals surface area contributed by atoms with Gasteiger partial charge in [-0.1, -0.05) is 0 Å². The van der Waals surface area contributed by atoms with Crippen LogP contribution in [0, 0.1) is 0 Å². The molecule has 0 saturated carbocycles. The molecule has 2 atom stereocenters. The van der Waals surface area contributed by atoms with Crippen LogP contribution in [0.4, 0.5) is 13.2 Å². The highest BCUT2D eigenvalue weighted by Gasteiger charge is 2.47. The molecule has 2 unspecified atom stereocenters. The largest absolute Gasteiger partial charge is 0.494 e. The molecule has 7 heteroatoms. The van der Waals surface area contributed by atoms with Gasteiger partial charge in [-0.15, -0.1) is 0 Å². The van der Waals surface area contributed by atoms with E-state index in [9.17, 15) is 18.0 Å². The van der Waals surface area contributed by atoms with Crippen molar-refractivity contribution in [3.8, 4) is 5.75 Å². The molecule has 128 valence electrons. The summed E-state index contributed by atoms with van der Waals surface area (Å²) in [6.45, 7) is 3.97. The number of rotatable bonds is 3. The van der Waals surface area contributed by atoms with Crippen molar-refractivity contribution in [2.75, 3.05) is 26.7 Å². The Morgan fingerprint density at radius 2 is 1.87 bits per heavy atom. The van der Waals surface area contributed by atoms with Gasteiger partial charge in [0.1, 0.15) is 11.8 Å². The van der Waals surface area contributed by atoms with E-state index in [-0.39, 0.29) is 25.0 Å². The van der Waals surface area contributed by atoms with Gasteiger partial charge in [0.15, 0.2) is 0 Å². The van der Waals surface area contributed by atoms with Crippen LogP contribution in [-0.4, -0.2) is 60.7 Å². The number of piperazine rings is 1. The number of likely N-dealkylation sites (N-methyl/N-ethyl adjacent to an activating group) is 1. The van der Waals surface area contributed by atoms with E-state index in [1.54, 1.807) is 31.2 Å². The molecule has 1 saturated heterocycles. The summed E-state index contributed by atoms with van der Waals surface area (Å²) in [7, 11) is 1.45. The zero-order chi connectivity index (χ0) is 17.2. The van der Waals surface area contributed by atoms with Gasteiger partial charge in [0.25, 0.3) is 5.91 Å². The van der Waals surface area contributed by atoms with Crippen LogP contribution in [0.25, 0.3) is 0 Å². The molecular formula is C16H21F3N2O2. The Hall–Kier alpha value is -1.76. The summed E-state index contributed by atoms with van der Waals surface area (Å²) < 4.78 is 44.7. The Bertz CT molecular complexity index is 545. The number of hydrogen-bond donors (Lipinski definition) is 0. The summed E-state index contributed by atoms with van der Waals surface area (Å²) in [5.41, 5.74) is 0.367. The van der Waals surface area contributed by atoms with Crippen molar-refractivity contribution < 1.29 is 22.7 Å². The van der Waals surface area contributed by atoms with E-state index in [1.807, 2.05) is 6.92 Å². The molecule has 1 heterocycles. The van der Waals surface area contributed by atoms with Crippen molar-refractivity contribution in [1.29, 1.82) is 0 Å². The van der Waals surface area contributed by atoms with E-state index in [2.05, 4.69) is 0 Å². The highest BCUT2D eigenvalue weighted by atomic mass is 19.4. The monoisotopic (exact) mass is 330 g/mol. The molecule has 1 amide bonds. The summed E-state index contributed by atoms with van der Waals surface area (Å²) in [6.07, 6.45) is -4.36. The maximum Gasteiger partial charge on any atom is 0.405 e. The van der Waals surface area contributed by atoms with E-state index in [1.165, 1.54) is 16.8 Å². The van der Waals surface area contributed by atoms with E-state index in [0.717, 1.165) is 0 Å². The second kappa shape index (κ2) is 6.78. The number of hydrogen-bond acceptors (Lipinski definition) is 3. The normalized spacial score (nSPS) is 23.0. The summed E-state index contributed by atoms with van der Waals surface area (Å²) >= 11 is 0. The Morgan fingerprint density at radius 3 is 2.39 bits per heavy atom. The SMILES string of the molecule is CCOc1ccc(C(=O)N2CC(C)N(C)C(C(F)(F)F)C2)cc1. The smallest absolute Gasteiger partial charge is 0.405 e. The third-order valence-corrected chi connectivity index (χ3v) is 4.14. The molecular weight excluding hydrogens is 309 g/mol. The fourth-order valence-corrected chi connectivity index (χ4v) is 2.71. The number of halogens is 3. The van der Waals surface area contributed by atoms with E-state index in [4.69, 9.17) is 4.74 Å². The first kappa shape index (κ1) is 17.6. The average Bonchev–Trinajstić information content (AvgIpc) is 2.49. The minimum absolute atomic E-state index is 0.273. The predicted octanol–water partition coefficient (Wildman–Crippen LogP) is 2.79. The van der Waals surface area contributed by atoms with Crippen LogP contribution in [0.2, 0.25) is 0 Å². The van der Waals surface area contributed by atoms with Gasteiger partial charge in [0.2, 0.25) is 0 Å². The Labute approximate surface area is 133 Å². The average molecular weight is 330 g/mol. The first-order valence-electron chi connectivity index (χ1n) is 7.54. The van der Waals surface area contributed by atoms with Gasteiger partial charge in [0, 0.05) is 24.7 Å². The third-order valence-electron chi connectivity index (χ3n) is 4.14. The zero-order valence-corrected chi connectivity index (χ0v) is 13.4. The van der Waals surface area contributed by atoms with Gasteiger partial charge in [0.05, 0.1) is 6.61 Å². The molecule has 1 aromatic rings. The van der Waals surface area contributed by atoms with Crippen LogP contribution < -0.4 is 4.74 Å². The van der Waals surface area contributed by atoms with E-state index >= 15 is 0 Å². The van der Waals surface area contributed by atoms with Gasteiger partial charge in [-0.25, -0.2) is 0 Å². The number of amides is 1. The molecule has 4 nitrogen and oxygen atoms in total. The Kier molecular flexibility index (Phi) is 5.19. The summed E-state index contributed by atoms with van der Waals surface area (Å²) in [4.78, 5) is 15.0. The van der Waals surface area contributed by atoms with Crippen molar-refractivity contribution in [2.45, 2.75) is 32.1 Å². The molecule has 1 aromatic carbocycles. The van der Waals surface area contributed by atoms with E-state index < -0.39 is 12.2 Å². The molecule has 23 heavy (non-hydrogen) atoms. The molecule has 0 aliphatic carbocycles. The lowest BCUT2D eigenvalue weighted by Gasteiger charge is -2.44. The van der Waals surface area contributed by atoms with Crippen molar-refractivity contribution in [1.82, 2.24) is 9.80 Å². The lowest BCUT2D eigenvalue weighted by atomic mass is 10.1. The van der Waals surface area contributed by atoms with Crippen LogP contribution in [0.15, 0.2) is 24.3 Å². The van der Waals surface area contributed by atoms with Crippen LogP contribution in [-0.2, 0) is 0 Å². The third kappa shape index (κ3) is 3.96. The fraction of sp³-hybridized carbons (Fsp3) is 0.562. The minimum atomic E-state index is -4.36. The number of carbonyl (C=O) groups is 1. The van der Waals surface area contributed by atoms with Crippen LogP contribution >= 0.6 is 0 Å². The van der Waals surface area contributed by atoms with Gasteiger partial charge >= 0.3 is 6.18 Å². The van der Waals surface area contributed by atoms with Gasteiger partial charge < -0.3 is 9.64 Å². The first-order chi connectivity index (χ1) is 10.7. The summed E-state index contributed by atoms with van der Waals surface area (Å²) in [5.74, 6) is 0.242. The topological polar surface area (TPSA) is 32.8 Å². The van der Waals surface area contributed by atoms with E-state index in [0.29, 0.717) is 17.9 Å². The van der Waals surface area contributed by atoms with Crippen LogP contribution in [0.1, 0.15) is 24.2 Å². The van der Waals surface area contributed by atoms with Crippen molar-refractivity contribution in [2.24, 2.45) is 0 Å². The number of ether oxygens (including phenoxy) is 1. The van der Waals surface area contributed by atoms with Gasteiger partial charge in [-0.3, -0.25) is 9.69 Å². The zero-order valence-electron chi connectivity index (χ0n) is 13.4. The number of nitrogens with zero attached hydrogens (tertiary/aromatic N) is 2. The molecule has 1 aliphatic rings. The predicted molar refractivity (Wildman–Crippen MR) is 80.6 cm³/mol. The van der Waals surface area contributed by atoms with Crippen molar-refractivity contribution in [3.05, 3.63) is 29.8 Å². The highest BCUT2D eigenvalue weighted by Crippen LogP contribution is 2.29. The molecule has 1 aliphatic heterocycles. The lowest BCUT2D eigenvalue weighted by Crippen LogP contribution is -2.62. The number of benzene rings is 1. The molecule has 1 fully saturated rings. The first-order valence-corrected chi connectivity index (χ1v) is 7.54. The Morgan fingerprint density at radius 1 is 1.26 bits per heavy atom. The Balaban J connectivity index is 2.15. The van der Waals surface area contributed by atoms with Crippen molar-refractivity contribution >= 4 is 5.91 Å². The molecule has 0 bridgehead atoms. The highest BCUT2D eigenvalue weighted by molar-refractivity contribution is 5.94. The van der Waals surface area contributed by atoms with Crippen molar-refractivity contribution in [3.63, 3.8) is 0 Å². The second-order valence-corrected chi connectivity index (χ2v) is 5.74. The van der Waals surface area contributed by atoms with Gasteiger partial charge in [-0.05, 0) is 45.2 Å². The standard InChI is InChI=1S/C16H21F3N2O2/c1-4-23-13-7-5-12(6-8-13)15(22)21-9-11(2)20(3)14(10-21)16(17,18)19/h5-8,11,14H,4,9-10H2,1-3H3. The number of alkyl halides is 3.